The van der Waals surface area contributed by atoms with Crippen molar-refractivity contribution in [2.24, 2.45) is 0 Å². The maximum atomic E-state index is 13.0. The lowest BCUT2D eigenvalue weighted by molar-refractivity contribution is -0.115. The third kappa shape index (κ3) is 7.22. The Labute approximate surface area is 305 Å². The molecule has 0 spiro atoms. The number of carbonyl (C=O) groups is 1. The smallest absolute Gasteiger partial charge is 0.280 e. The topological polar surface area (TPSA) is 159 Å². The van der Waals surface area contributed by atoms with Crippen molar-refractivity contribution in [1.82, 2.24) is 19.5 Å². The zero-order chi connectivity index (χ0) is 37.0. The minimum atomic E-state index is -1.11. The van der Waals surface area contributed by atoms with Gasteiger partial charge in [-0.25, -0.2) is 4.98 Å². The van der Waals surface area contributed by atoms with E-state index in [0.717, 1.165) is 22.3 Å². The molecule has 7 rings (SSSR count). The highest BCUT2D eigenvalue weighted by atomic mass is 16.6. The van der Waals surface area contributed by atoms with Crippen LogP contribution in [0.1, 0.15) is 34.9 Å². The predicted octanol–water partition coefficient (Wildman–Crippen LogP) is 4.98. The first-order valence-electron chi connectivity index (χ1n) is 17.0. The van der Waals surface area contributed by atoms with Gasteiger partial charge in [0.2, 0.25) is 11.9 Å². The Morgan fingerprint density at radius 1 is 0.868 bits per heavy atom. The van der Waals surface area contributed by atoms with Crippen LogP contribution in [0, 0.1) is 0 Å². The van der Waals surface area contributed by atoms with E-state index in [1.165, 1.54) is 6.33 Å². The van der Waals surface area contributed by atoms with Crippen LogP contribution in [0.5, 0.6) is 17.2 Å². The molecule has 6 aromatic rings. The number of methoxy groups -OCH3 is 3. The number of fused-ring (bicyclic) bond motifs is 1. The van der Waals surface area contributed by atoms with E-state index in [-0.39, 0.29) is 42.5 Å². The van der Waals surface area contributed by atoms with Crippen LogP contribution in [-0.4, -0.2) is 70.7 Å². The molecule has 3 N–H and O–H groups in total. The van der Waals surface area contributed by atoms with Crippen molar-refractivity contribution >= 4 is 23.0 Å². The Bertz CT molecular complexity index is 2170. The van der Waals surface area contributed by atoms with E-state index < -0.39 is 29.6 Å². The van der Waals surface area contributed by atoms with E-state index in [0.29, 0.717) is 17.2 Å². The zero-order valence-electron chi connectivity index (χ0n) is 29.4. The van der Waals surface area contributed by atoms with Crippen molar-refractivity contribution in [3.8, 4) is 17.2 Å². The molecule has 53 heavy (non-hydrogen) atoms. The minimum Gasteiger partial charge on any atom is -0.497 e. The number of benzene rings is 4. The second-order valence-electron chi connectivity index (χ2n) is 12.6. The number of nitrogens with zero attached hydrogens (tertiary/aromatic N) is 3. The molecule has 4 aromatic carbocycles. The molecule has 1 amide bonds. The molecule has 0 radical (unpaired) electrons. The summed E-state index contributed by atoms with van der Waals surface area (Å²) in [7, 11) is 4.80. The average Bonchev–Trinajstić information content (AvgIpc) is 3.79. The summed E-state index contributed by atoms with van der Waals surface area (Å²) in [6.45, 7) is -0.00205. The number of ether oxygens (including phenoxy) is 5. The van der Waals surface area contributed by atoms with Crippen LogP contribution >= 0.6 is 0 Å². The van der Waals surface area contributed by atoms with Gasteiger partial charge in [0, 0.05) is 6.42 Å². The van der Waals surface area contributed by atoms with Crippen LogP contribution in [0.3, 0.4) is 0 Å². The third-order valence-electron chi connectivity index (χ3n) is 9.37. The van der Waals surface area contributed by atoms with E-state index in [1.807, 2.05) is 78.9 Å². The largest absolute Gasteiger partial charge is 0.497 e. The first kappa shape index (κ1) is 35.4. The Morgan fingerprint density at radius 3 is 2.02 bits per heavy atom. The first-order chi connectivity index (χ1) is 25.8. The minimum absolute atomic E-state index is 0.00205. The number of aliphatic hydroxyl groups is 1. The average molecular weight is 718 g/mol. The SMILES string of the molecule is COc1ccc(CC(=O)Nc2nc3c(ncn3[C@H]3C[C@H](O)[C@@H](COC(c4ccccc4)(c4ccc(OC)cc4)c4ccc(OC)cc4)O3)c(=O)[nH]2)cc1. The van der Waals surface area contributed by atoms with Crippen LogP contribution in [0.25, 0.3) is 11.2 Å². The van der Waals surface area contributed by atoms with Crippen molar-refractivity contribution in [1.29, 1.82) is 0 Å². The van der Waals surface area contributed by atoms with Gasteiger partial charge in [-0.05, 0) is 58.7 Å². The van der Waals surface area contributed by atoms with Gasteiger partial charge in [0.05, 0.1) is 46.8 Å². The molecule has 0 unspecified atom stereocenters. The molecule has 272 valence electrons. The van der Waals surface area contributed by atoms with Crippen LogP contribution in [0.2, 0.25) is 0 Å². The lowest BCUT2D eigenvalue weighted by Gasteiger charge is -2.37. The number of aromatic amines is 1. The molecule has 2 aromatic heterocycles. The Balaban J connectivity index is 1.15. The van der Waals surface area contributed by atoms with Crippen LogP contribution in [0.15, 0.2) is 114 Å². The lowest BCUT2D eigenvalue weighted by Crippen LogP contribution is -2.38. The van der Waals surface area contributed by atoms with Gasteiger partial charge in [0.15, 0.2) is 11.2 Å². The lowest BCUT2D eigenvalue weighted by atomic mass is 9.80. The summed E-state index contributed by atoms with van der Waals surface area (Å²) in [5, 5.41) is 14.0. The van der Waals surface area contributed by atoms with Crippen LogP contribution < -0.4 is 25.1 Å². The normalized spacial score (nSPS) is 17.1. The van der Waals surface area contributed by atoms with E-state index in [9.17, 15) is 14.7 Å². The molecule has 0 aliphatic carbocycles. The Hall–Kier alpha value is -6.02. The number of amides is 1. The second-order valence-corrected chi connectivity index (χ2v) is 12.6. The molecule has 13 heteroatoms. The molecule has 1 fully saturated rings. The quantitative estimate of drug-likeness (QED) is 0.139. The highest BCUT2D eigenvalue weighted by Gasteiger charge is 2.42. The van der Waals surface area contributed by atoms with Gasteiger partial charge in [-0.15, -0.1) is 0 Å². The van der Waals surface area contributed by atoms with Gasteiger partial charge >= 0.3 is 0 Å². The zero-order valence-corrected chi connectivity index (χ0v) is 29.4. The van der Waals surface area contributed by atoms with Crippen molar-refractivity contribution in [3.05, 3.63) is 142 Å². The highest BCUT2D eigenvalue weighted by molar-refractivity contribution is 5.91. The van der Waals surface area contributed by atoms with E-state index in [1.54, 1.807) is 50.2 Å². The van der Waals surface area contributed by atoms with Crippen molar-refractivity contribution in [2.75, 3.05) is 33.3 Å². The predicted molar refractivity (Wildman–Crippen MR) is 196 cm³/mol. The molecule has 13 nitrogen and oxygen atoms in total. The van der Waals surface area contributed by atoms with Crippen LogP contribution in [0.4, 0.5) is 5.95 Å². The number of rotatable bonds is 13. The fourth-order valence-corrected chi connectivity index (χ4v) is 6.62. The maximum Gasteiger partial charge on any atom is 0.280 e. The number of H-pyrrole nitrogens is 1. The summed E-state index contributed by atoms with van der Waals surface area (Å²) < 4.78 is 31.1. The van der Waals surface area contributed by atoms with Gasteiger partial charge in [0.1, 0.15) is 35.2 Å². The van der Waals surface area contributed by atoms with E-state index >= 15 is 0 Å². The molecule has 3 heterocycles. The molecule has 1 saturated heterocycles. The van der Waals surface area contributed by atoms with Gasteiger partial charge in [0.25, 0.3) is 5.56 Å². The number of nitrogens with one attached hydrogen (secondary N) is 2. The van der Waals surface area contributed by atoms with Crippen molar-refractivity contribution in [3.63, 3.8) is 0 Å². The highest BCUT2D eigenvalue weighted by Crippen LogP contribution is 2.43. The molecular weight excluding hydrogens is 678 g/mol. The molecule has 3 atom stereocenters. The monoisotopic (exact) mass is 717 g/mol. The molecule has 1 aliphatic rings. The first-order valence-corrected chi connectivity index (χ1v) is 17.0. The van der Waals surface area contributed by atoms with Gasteiger partial charge < -0.3 is 28.8 Å². The van der Waals surface area contributed by atoms with Crippen LogP contribution in [-0.2, 0) is 26.3 Å². The number of aliphatic hydroxyl groups excluding tert-OH is 1. The number of hydrogen-bond acceptors (Lipinski definition) is 10. The van der Waals surface area contributed by atoms with Gasteiger partial charge in [-0.3, -0.25) is 24.5 Å². The van der Waals surface area contributed by atoms with Crippen molar-refractivity contribution in [2.45, 2.75) is 36.9 Å². The summed E-state index contributed by atoms with van der Waals surface area (Å²) in [4.78, 5) is 37.2. The molecule has 1 aliphatic heterocycles. The molecule has 0 saturated carbocycles. The maximum absolute atomic E-state index is 13.0. The second kappa shape index (κ2) is 15.3. The molecular formula is C40H39N5O8. The van der Waals surface area contributed by atoms with E-state index in [4.69, 9.17) is 23.7 Å². The van der Waals surface area contributed by atoms with E-state index in [2.05, 4.69) is 20.3 Å². The fourth-order valence-electron chi connectivity index (χ4n) is 6.62. The third-order valence-corrected chi connectivity index (χ3v) is 9.37. The fraction of sp³-hybridized carbons (Fsp3) is 0.250. The summed E-state index contributed by atoms with van der Waals surface area (Å²) in [5.74, 6) is 1.67. The van der Waals surface area contributed by atoms with Gasteiger partial charge in [-0.2, -0.15) is 4.98 Å². The standard InChI is InChI=1S/C40H39N5O8/c1-49-29-15-9-25(10-16-29)21-34(47)42-39-43-37-36(38(48)44-39)41-24-45(37)35-22-32(46)33(53-35)23-52-40(26-7-5-4-6-8-26,27-11-17-30(50-2)18-12-27)28-13-19-31(51-3)20-14-28/h4-20,24,32-33,35,46H,21-23H2,1-3H3,(H2,42,43,44,47,48)/t32-,33+,35+/m0/s1. The number of carbonyl (C=O) groups excluding carboxylic acids is 1. The number of aromatic nitrogens is 4. The summed E-state index contributed by atoms with van der Waals surface area (Å²) in [6, 6.07) is 32.3. The summed E-state index contributed by atoms with van der Waals surface area (Å²) in [5.41, 5.74) is 1.92. The van der Waals surface area contributed by atoms with Gasteiger partial charge in [-0.1, -0.05) is 66.7 Å². The number of hydrogen-bond donors (Lipinski definition) is 3. The number of anilines is 1. The number of imidazole rings is 1. The summed E-state index contributed by atoms with van der Waals surface area (Å²) in [6.07, 6.45) is -0.738. The van der Waals surface area contributed by atoms with Crippen molar-refractivity contribution < 1.29 is 33.6 Å². The molecule has 0 bridgehead atoms. The Morgan fingerprint density at radius 2 is 1.43 bits per heavy atom. The summed E-state index contributed by atoms with van der Waals surface area (Å²) >= 11 is 0. The Kier molecular flexibility index (Phi) is 10.2.